The van der Waals surface area contributed by atoms with E-state index >= 15 is 0 Å². The molecule has 0 radical (unpaired) electrons. The summed E-state index contributed by atoms with van der Waals surface area (Å²) in [5.41, 5.74) is 6.82. The van der Waals surface area contributed by atoms with E-state index in [4.69, 9.17) is 5.73 Å². The van der Waals surface area contributed by atoms with E-state index in [2.05, 4.69) is 4.90 Å². The first-order valence-corrected chi connectivity index (χ1v) is 6.54. The minimum Gasteiger partial charge on any atom is -0.326 e. The van der Waals surface area contributed by atoms with Gasteiger partial charge in [-0.3, -0.25) is 9.69 Å². The largest absolute Gasteiger partial charge is 0.326 e. The molecule has 19 heavy (non-hydrogen) atoms. The molecule has 1 aromatic rings. The molecule has 1 aromatic carbocycles. The van der Waals surface area contributed by atoms with Crippen LogP contribution < -0.4 is 10.6 Å². The van der Waals surface area contributed by atoms with E-state index in [1.54, 1.807) is 0 Å². The summed E-state index contributed by atoms with van der Waals surface area (Å²) in [5.74, 6) is 0.151. The van der Waals surface area contributed by atoms with Gasteiger partial charge in [-0.1, -0.05) is 18.2 Å². The number of anilines is 1. The maximum absolute atomic E-state index is 12.3. The van der Waals surface area contributed by atoms with Crippen molar-refractivity contribution in [1.82, 2.24) is 4.90 Å². The summed E-state index contributed by atoms with van der Waals surface area (Å²) in [6.45, 7) is 4.93. The van der Waals surface area contributed by atoms with E-state index < -0.39 is 0 Å². The number of likely N-dealkylation sites (tertiary alicyclic amines) is 1. The van der Waals surface area contributed by atoms with Crippen LogP contribution in [-0.2, 0) is 4.79 Å². The molecular formula is C14H22ClN3O. The average molecular weight is 284 g/mol. The quantitative estimate of drug-likeness (QED) is 0.911. The van der Waals surface area contributed by atoms with E-state index in [9.17, 15) is 4.79 Å². The van der Waals surface area contributed by atoms with Gasteiger partial charge in [-0.05, 0) is 25.5 Å². The summed E-state index contributed by atoms with van der Waals surface area (Å²) in [6, 6.07) is 10.0. The van der Waals surface area contributed by atoms with Gasteiger partial charge in [0, 0.05) is 31.4 Å². The Labute approximate surface area is 121 Å². The van der Waals surface area contributed by atoms with Gasteiger partial charge in [-0.25, -0.2) is 0 Å². The van der Waals surface area contributed by atoms with E-state index in [1.807, 2.05) is 42.2 Å². The molecule has 1 heterocycles. The number of carbonyl (C=O) groups is 1. The van der Waals surface area contributed by atoms with Gasteiger partial charge in [0.15, 0.2) is 0 Å². The third kappa shape index (κ3) is 4.20. The van der Waals surface area contributed by atoms with Crippen molar-refractivity contribution in [2.45, 2.75) is 19.4 Å². The highest BCUT2D eigenvalue weighted by atomic mass is 35.5. The highest BCUT2D eigenvalue weighted by molar-refractivity contribution is 5.94. The second-order valence-electron chi connectivity index (χ2n) is 4.76. The molecule has 0 aromatic heterocycles. The van der Waals surface area contributed by atoms with Crippen LogP contribution in [-0.4, -0.2) is 43.0 Å². The van der Waals surface area contributed by atoms with E-state index in [0.29, 0.717) is 13.1 Å². The molecule has 4 nitrogen and oxygen atoms in total. The zero-order valence-corrected chi connectivity index (χ0v) is 12.1. The highest BCUT2D eigenvalue weighted by Crippen LogP contribution is 2.14. The number of rotatable bonds is 4. The topological polar surface area (TPSA) is 49.6 Å². The van der Waals surface area contributed by atoms with Crippen molar-refractivity contribution in [3.63, 3.8) is 0 Å². The first-order chi connectivity index (χ1) is 8.70. The molecule has 2 rings (SSSR count). The normalized spacial score (nSPS) is 18.9. The van der Waals surface area contributed by atoms with Gasteiger partial charge < -0.3 is 10.6 Å². The lowest BCUT2D eigenvalue weighted by molar-refractivity contribution is -0.119. The Kier molecular flexibility index (Phi) is 6.28. The monoisotopic (exact) mass is 283 g/mol. The van der Waals surface area contributed by atoms with Crippen LogP contribution in [0.4, 0.5) is 5.69 Å². The number of carbonyl (C=O) groups excluding carboxylic acids is 1. The Bertz CT molecular complexity index is 399. The predicted molar refractivity (Wildman–Crippen MR) is 80.7 cm³/mol. The molecule has 1 amide bonds. The average Bonchev–Trinajstić information content (AvgIpc) is 2.77. The second kappa shape index (κ2) is 7.48. The summed E-state index contributed by atoms with van der Waals surface area (Å²) in [4.78, 5) is 16.2. The molecule has 1 atom stereocenters. The number of halogens is 1. The lowest BCUT2D eigenvalue weighted by Gasteiger charge is -2.24. The SMILES string of the molecule is CCN(C(=O)CN1CC[C@@H](N)C1)c1ccccc1.Cl. The minimum absolute atomic E-state index is 0. The summed E-state index contributed by atoms with van der Waals surface area (Å²) >= 11 is 0. The molecule has 5 heteroatoms. The number of hydrogen-bond acceptors (Lipinski definition) is 3. The number of nitrogens with zero attached hydrogens (tertiary/aromatic N) is 2. The summed E-state index contributed by atoms with van der Waals surface area (Å²) in [6.07, 6.45) is 0.991. The van der Waals surface area contributed by atoms with Crippen molar-refractivity contribution in [3.8, 4) is 0 Å². The second-order valence-corrected chi connectivity index (χ2v) is 4.76. The zero-order chi connectivity index (χ0) is 13.0. The van der Waals surface area contributed by atoms with Crippen LogP contribution in [0, 0.1) is 0 Å². The van der Waals surface area contributed by atoms with Crippen LogP contribution in [0.25, 0.3) is 0 Å². The fraction of sp³-hybridized carbons (Fsp3) is 0.500. The zero-order valence-electron chi connectivity index (χ0n) is 11.3. The van der Waals surface area contributed by atoms with Crippen LogP contribution in [0.5, 0.6) is 0 Å². The first-order valence-electron chi connectivity index (χ1n) is 6.54. The minimum atomic E-state index is 0. The molecule has 0 aliphatic carbocycles. The predicted octanol–water partition coefficient (Wildman–Crippen LogP) is 1.49. The number of hydrogen-bond donors (Lipinski definition) is 1. The van der Waals surface area contributed by atoms with Crippen LogP contribution >= 0.6 is 12.4 Å². The number of nitrogens with two attached hydrogens (primary N) is 1. The van der Waals surface area contributed by atoms with Crippen molar-refractivity contribution >= 4 is 24.0 Å². The lowest BCUT2D eigenvalue weighted by atomic mass is 10.3. The fourth-order valence-corrected chi connectivity index (χ4v) is 2.39. The molecule has 0 bridgehead atoms. The molecule has 1 aliphatic heterocycles. The van der Waals surface area contributed by atoms with Crippen molar-refractivity contribution in [2.75, 3.05) is 31.1 Å². The van der Waals surface area contributed by atoms with Crippen molar-refractivity contribution in [2.24, 2.45) is 5.73 Å². The number of benzene rings is 1. The van der Waals surface area contributed by atoms with E-state index in [0.717, 1.165) is 25.2 Å². The Hall–Kier alpha value is -1.10. The highest BCUT2D eigenvalue weighted by Gasteiger charge is 2.23. The molecule has 106 valence electrons. The summed E-state index contributed by atoms with van der Waals surface area (Å²) < 4.78 is 0. The van der Waals surface area contributed by atoms with Gasteiger partial charge >= 0.3 is 0 Å². The van der Waals surface area contributed by atoms with E-state index in [-0.39, 0.29) is 24.4 Å². The Morgan fingerprint density at radius 3 is 2.63 bits per heavy atom. The van der Waals surface area contributed by atoms with Gasteiger partial charge in [0.1, 0.15) is 0 Å². The summed E-state index contributed by atoms with van der Waals surface area (Å²) in [7, 11) is 0. The maximum atomic E-state index is 12.3. The molecule has 1 fully saturated rings. The standard InChI is InChI=1S/C14H21N3O.ClH/c1-2-17(13-6-4-3-5-7-13)14(18)11-16-9-8-12(15)10-16;/h3-7,12H,2,8-11,15H2,1H3;1H/t12-;/m1./s1. The van der Waals surface area contributed by atoms with Gasteiger partial charge in [0.2, 0.25) is 5.91 Å². The van der Waals surface area contributed by atoms with Gasteiger partial charge in [0.05, 0.1) is 6.54 Å². The van der Waals surface area contributed by atoms with Crippen LogP contribution in [0.1, 0.15) is 13.3 Å². The van der Waals surface area contributed by atoms with Gasteiger partial charge in [-0.15, -0.1) is 12.4 Å². The van der Waals surface area contributed by atoms with E-state index in [1.165, 1.54) is 0 Å². The molecule has 0 saturated carbocycles. The van der Waals surface area contributed by atoms with Gasteiger partial charge in [-0.2, -0.15) is 0 Å². The fourth-order valence-electron chi connectivity index (χ4n) is 2.39. The molecular weight excluding hydrogens is 262 g/mol. The molecule has 2 N–H and O–H groups in total. The smallest absolute Gasteiger partial charge is 0.241 e. The molecule has 0 spiro atoms. The van der Waals surface area contributed by atoms with Crippen LogP contribution in [0.15, 0.2) is 30.3 Å². The number of likely N-dealkylation sites (N-methyl/N-ethyl adjacent to an activating group) is 1. The third-order valence-electron chi connectivity index (χ3n) is 3.35. The molecule has 1 aliphatic rings. The first kappa shape index (κ1) is 16.0. The number of para-hydroxylation sites is 1. The maximum Gasteiger partial charge on any atom is 0.241 e. The Morgan fingerprint density at radius 1 is 1.42 bits per heavy atom. The van der Waals surface area contributed by atoms with Crippen LogP contribution in [0.2, 0.25) is 0 Å². The van der Waals surface area contributed by atoms with Crippen LogP contribution in [0.3, 0.4) is 0 Å². The van der Waals surface area contributed by atoms with Crippen molar-refractivity contribution < 1.29 is 4.79 Å². The molecule has 1 saturated heterocycles. The Morgan fingerprint density at radius 2 is 2.11 bits per heavy atom. The Balaban J connectivity index is 0.00000180. The molecule has 0 unspecified atom stereocenters. The lowest BCUT2D eigenvalue weighted by Crippen LogP contribution is -2.40. The summed E-state index contributed by atoms with van der Waals surface area (Å²) in [5, 5.41) is 0. The van der Waals surface area contributed by atoms with Gasteiger partial charge in [0.25, 0.3) is 0 Å². The van der Waals surface area contributed by atoms with Crippen molar-refractivity contribution in [3.05, 3.63) is 30.3 Å². The third-order valence-corrected chi connectivity index (χ3v) is 3.35. The number of amides is 1. The van der Waals surface area contributed by atoms with Crippen molar-refractivity contribution in [1.29, 1.82) is 0 Å².